The van der Waals surface area contributed by atoms with Crippen LogP contribution >= 0.6 is 0 Å². The molecule has 164 valence electrons. The summed E-state index contributed by atoms with van der Waals surface area (Å²) in [7, 11) is 0. The number of aliphatic hydroxyl groups is 1. The molecule has 2 aliphatic rings. The normalized spacial score (nSPS) is 20.3. The van der Waals surface area contributed by atoms with E-state index in [1.165, 1.54) is 4.90 Å². The molecule has 4 rings (SSSR count). The minimum absolute atomic E-state index is 0.0566. The van der Waals surface area contributed by atoms with Crippen molar-refractivity contribution in [3.8, 4) is 11.1 Å². The van der Waals surface area contributed by atoms with Gasteiger partial charge in [-0.3, -0.25) is 4.79 Å². The van der Waals surface area contributed by atoms with Gasteiger partial charge in [-0.25, -0.2) is 4.79 Å². The fourth-order valence-electron chi connectivity index (χ4n) is 4.30. The molecule has 2 N–H and O–H groups in total. The maximum Gasteiger partial charge on any atom is 0.471 e. The fourth-order valence-corrected chi connectivity index (χ4v) is 4.30. The van der Waals surface area contributed by atoms with Crippen molar-refractivity contribution in [2.24, 2.45) is 0 Å². The van der Waals surface area contributed by atoms with Crippen LogP contribution < -0.4 is 5.32 Å². The van der Waals surface area contributed by atoms with Gasteiger partial charge in [-0.1, -0.05) is 48.5 Å². The number of carbonyl (C=O) groups is 2. The summed E-state index contributed by atoms with van der Waals surface area (Å²) < 4.78 is 42.8. The number of hydrogen-bond donors (Lipinski definition) is 2. The SMILES string of the molecule is O=C(OCC1c2ccccc2-c2ccccc21)N1C[C@H](O)C[C@@H]1CNC(=O)C(F)(F)F. The predicted octanol–water partition coefficient (Wildman–Crippen LogP) is 3.05. The van der Waals surface area contributed by atoms with Crippen molar-refractivity contribution in [2.45, 2.75) is 30.7 Å². The summed E-state index contributed by atoms with van der Waals surface area (Å²) in [6.45, 7) is -0.427. The van der Waals surface area contributed by atoms with Crippen LogP contribution in [-0.4, -0.2) is 60.0 Å². The molecule has 1 heterocycles. The van der Waals surface area contributed by atoms with Crippen molar-refractivity contribution >= 4 is 12.0 Å². The van der Waals surface area contributed by atoms with Crippen LogP contribution in [-0.2, 0) is 9.53 Å². The standard InChI is InChI=1S/C22H21F3N2O4/c23-22(24,25)20(29)26-10-13-9-14(28)11-27(13)21(30)31-12-19-17-7-3-1-5-15(17)16-6-2-4-8-18(16)19/h1-8,13-14,19,28H,9-12H2,(H,26,29)/t13-,14-/m1/s1. The van der Waals surface area contributed by atoms with Gasteiger partial charge in [-0.05, 0) is 28.7 Å². The van der Waals surface area contributed by atoms with Crippen molar-refractivity contribution in [1.82, 2.24) is 10.2 Å². The number of ether oxygens (including phenoxy) is 1. The third kappa shape index (κ3) is 4.23. The average Bonchev–Trinajstić information content (AvgIpc) is 3.27. The van der Waals surface area contributed by atoms with Gasteiger partial charge in [0.2, 0.25) is 0 Å². The zero-order valence-electron chi connectivity index (χ0n) is 16.4. The molecule has 0 saturated carbocycles. The molecule has 2 aromatic rings. The molecule has 0 radical (unpaired) electrons. The van der Waals surface area contributed by atoms with Crippen LogP contribution in [0.15, 0.2) is 48.5 Å². The van der Waals surface area contributed by atoms with Crippen molar-refractivity contribution in [2.75, 3.05) is 19.7 Å². The Morgan fingerprint density at radius 3 is 2.23 bits per heavy atom. The van der Waals surface area contributed by atoms with Gasteiger partial charge in [0.15, 0.2) is 0 Å². The van der Waals surface area contributed by atoms with Crippen molar-refractivity contribution in [3.63, 3.8) is 0 Å². The molecule has 2 aromatic carbocycles. The average molecular weight is 434 g/mol. The molecule has 0 aromatic heterocycles. The van der Waals surface area contributed by atoms with Gasteiger partial charge >= 0.3 is 18.2 Å². The van der Waals surface area contributed by atoms with Gasteiger partial charge < -0.3 is 20.1 Å². The van der Waals surface area contributed by atoms with Crippen LogP contribution in [0.2, 0.25) is 0 Å². The van der Waals surface area contributed by atoms with Gasteiger partial charge in [0.05, 0.1) is 18.7 Å². The topological polar surface area (TPSA) is 78.9 Å². The molecule has 2 atom stereocenters. The maximum absolute atomic E-state index is 12.7. The summed E-state index contributed by atoms with van der Waals surface area (Å²) >= 11 is 0. The Kier molecular flexibility index (Phi) is 5.62. The molecular formula is C22H21F3N2O4. The third-order valence-corrected chi connectivity index (χ3v) is 5.72. The van der Waals surface area contributed by atoms with Crippen LogP contribution in [0.4, 0.5) is 18.0 Å². The molecule has 31 heavy (non-hydrogen) atoms. The Bertz CT molecular complexity index is 949. The Morgan fingerprint density at radius 1 is 1.06 bits per heavy atom. The molecule has 0 bridgehead atoms. The molecule has 1 fully saturated rings. The van der Waals surface area contributed by atoms with E-state index >= 15 is 0 Å². The maximum atomic E-state index is 12.7. The van der Waals surface area contributed by atoms with E-state index in [1.807, 2.05) is 48.5 Å². The number of aliphatic hydroxyl groups excluding tert-OH is 1. The van der Waals surface area contributed by atoms with E-state index in [0.29, 0.717) is 0 Å². The van der Waals surface area contributed by atoms with E-state index in [1.54, 1.807) is 5.32 Å². The molecule has 1 saturated heterocycles. The number of likely N-dealkylation sites (tertiary alicyclic amines) is 1. The molecule has 2 amide bonds. The van der Waals surface area contributed by atoms with Gasteiger partial charge in [0.25, 0.3) is 0 Å². The van der Waals surface area contributed by atoms with E-state index in [-0.39, 0.29) is 25.5 Å². The first-order valence-electron chi connectivity index (χ1n) is 9.90. The number of benzene rings is 2. The van der Waals surface area contributed by atoms with Crippen molar-refractivity contribution in [3.05, 3.63) is 59.7 Å². The number of amides is 2. The van der Waals surface area contributed by atoms with E-state index in [9.17, 15) is 27.9 Å². The Balaban J connectivity index is 1.43. The smallest absolute Gasteiger partial charge is 0.448 e. The monoisotopic (exact) mass is 434 g/mol. The zero-order valence-corrected chi connectivity index (χ0v) is 16.4. The largest absolute Gasteiger partial charge is 0.471 e. The predicted molar refractivity (Wildman–Crippen MR) is 105 cm³/mol. The van der Waals surface area contributed by atoms with Gasteiger partial charge in [-0.2, -0.15) is 13.2 Å². The Morgan fingerprint density at radius 2 is 1.65 bits per heavy atom. The number of alkyl halides is 3. The minimum atomic E-state index is -5.01. The van der Waals surface area contributed by atoms with E-state index in [2.05, 4.69) is 0 Å². The van der Waals surface area contributed by atoms with Gasteiger partial charge in [0.1, 0.15) is 6.61 Å². The highest BCUT2D eigenvalue weighted by atomic mass is 19.4. The van der Waals surface area contributed by atoms with Crippen molar-refractivity contribution in [1.29, 1.82) is 0 Å². The van der Waals surface area contributed by atoms with E-state index < -0.39 is 36.9 Å². The second kappa shape index (κ2) is 8.22. The van der Waals surface area contributed by atoms with Crippen LogP contribution in [0.5, 0.6) is 0 Å². The van der Waals surface area contributed by atoms with Crippen LogP contribution in [0.3, 0.4) is 0 Å². The molecule has 9 heteroatoms. The molecule has 1 aliphatic carbocycles. The lowest BCUT2D eigenvalue weighted by atomic mass is 9.98. The highest BCUT2D eigenvalue weighted by molar-refractivity contribution is 5.82. The number of β-amino-alcohol motifs (C(OH)–C–C–N with tert-alkyl or cyclic N) is 1. The molecule has 0 spiro atoms. The van der Waals surface area contributed by atoms with Crippen LogP contribution in [0.1, 0.15) is 23.5 Å². The van der Waals surface area contributed by atoms with E-state index in [4.69, 9.17) is 4.74 Å². The summed E-state index contributed by atoms with van der Waals surface area (Å²) in [6.07, 6.45) is -6.58. The molecule has 1 aliphatic heterocycles. The minimum Gasteiger partial charge on any atom is -0.448 e. The summed E-state index contributed by atoms with van der Waals surface area (Å²) in [5.41, 5.74) is 4.21. The summed E-state index contributed by atoms with van der Waals surface area (Å²) in [4.78, 5) is 24.9. The first-order chi connectivity index (χ1) is 14.8. The highest BCUT2D eigenvalue weighted by Gasteiger charge is 2.41. The Labute approximate surface area is 176 Å². The Hall–Kier alpha value is -3.07. The quantitative estimate of drug-likeness (QED) is 0.776. The van der Waals surface area contributed by atoms with Gasteiger partial charge in [-0.15, -0.1) is 0 Å². The number of nitrogens with zero attached hydrogens (tertiary/aromatic N) is 1. The first kappa shape index (κ1) is 21.2. The van der Waals surface area contributed by atoms with E-state index in [0.717, 1.165) is 22.3 Å². The summed E-state index contributed by atoms with van der Waals surface area (Å²) in [5.74, 6) is -2.24. The van der Waals surface area contributed by atoms with Crippen LogP contribution in [0, 0.1) is 0 Å². The van der Waals surface area contributed by atoms with Gasteiger partial charge in [0, 0.05) is 12.5 Å². The molecule has 6 nitrogen and oxygen atoms in total. The summed E-state index contributed by atoms with van der Waals surface area (Å²) in [5, 5.41) is 11.7. The number of hydrogen-bond acceptors (Lipinski definition) is 4. The second-order valence-corrected chi connectivity index (χ2v) is 7.71. The second-order valence-electron chi connectivity index (χ2n) is 7.71. The lowest BCUT2D eigenvalue weighted by Gasteiger charge is -2.25. The number of carbonyl (C=O) groups excluding carboxylic acids is 2. The number of nitrogens with one attached hydrogen (secondary N) is 1. The fraction of sp³-hybridized carbons (Fsp3) is 0.364. The number of halogens is 3. The number of rotatable bonds is 4. The lowest BCUT2D eigenvalue weighted by Crippen LogP contribution is -2.46. The third-order valence-electron chi connectivity index (χ3n) is 5.72. The molecular weight excluding hydrogens is 413 g/mol. The first-order valence-corrected chi connectivity index (χ1v) is 9.90. The number of fused-ring (bicyclic) bond motifs is 3. The lowest BCUT2D eigenvalue weighted by molar-refractivity contribution is -0.173. The highest BCUT2D eigenvalue weighted by Crippen LogP contribution is 2.44. The zero-order chi connectivity index (χ0) is 22.2. The molecule has 0 unspecified atom stereocenters. The van der Waals surface area contributed by atoms with Crippen molar-refractivity contribution < 1.29 is 32.6 Å². The van der Waals surface area contributed by atoms with Crippen LogP contribution in [0.25, 0.3) is 11.1 Å². The summed E-state index contributed by atoms with van der Waals surface area (Å²) in [6, 6.07) is 14.9.